The molecule has 3 aromatic rings. The van der Waals surface area contributed by atoms with E-state index in [1.807, 2.05) is 6.07 Å². The number of hydrogen-bond acceptors (Lipinski definition) is 9. The van der Waals surface area contributed by atoms with Gasteiger partial charge in [0.25, 0.3) is 17.3 Å². The molecular formula is C26H26N6O6S. The van der Waals surface area contributed by atoms with Crippen LogP contribution in [0.2, 0.25) is 0 Å². The second kappa shape index (κ2) is 9.11. The van der Waals surface area contributed by atoms with Gasteiger partial charge in [-0.1, -0.05) is 12.1 Å². The fourth-order valence-electron chi connectivity index (χ4n) is 5.12. The first kappa shape index (κ1) is 25.4. The molecule has 1 N–H and O–H groups in total. The van der Waals surface area contributed by atoms with Crippen molar-refractivity contribution in [3.8, 4) is 11.9 Å². The molecule has 1 aromatic carbocycles. The number of benzene rings is 1. The van der Waals surface area contributed by atoms with Crippen molar-refractivity contribution in [2.45, 2.75) is 36.1 Å². The van der Waals surface area contributed by atoms with Gasteiger partial charge in [0.05, 0.1) is 36.6 Å². The molecule has 13 heteroatoms. The normalized spacial score (nSPS) is 19.1. The number of ether oxygens (including phenoxy) is 2. The average Bonchev–Trinajstić information content (AvgIpc) is 3.68. The standard InChI is InChI=1S/C26H26N6O6S/c1-31-21-19(10-20(24(31)34)22(33)28-12-18-4-2-17(11-27)3-5-18)13-29-30-23(21)38-16-26(6-7-26)39(35,36)32-9-8-25(32)14-37-15-25/h2-5,10,13H,6-9,12,14-16H2,1H3,(H,28,33). The molecule has 12 nitrogen and oxygen atoms in total. The summed E-state index contributed by atoms with van der Waals surface area (Å²) in [5.74, 6) is -0.531. The van der Waals surface area contributed by atoms with Gasteiger partial charge in [0.2, 0.25) is 10.0 Å². The van der Waals surface area contributed by atoms with Crippen LogP contribution in [0.4, 0.5) is 0 Å². The molecule has 3 fully saturated rings. The van der Waals surface area contributed by atoms with Crippen molar-refractivity contribution in [1.82, 2.24) is 24.4 Å². The van der Waals surface area contributed by atoms with Crippen LogP contribution in [0.25, 0.3) is 10.9 Å². The van der Waals surface area contributed by atoms with E-state index < -0.39 is 31.8 Å². The number of aryl methyl sites for hydroxylation is 1. The lowest BCUT2D eigenvalue weighted by atomic mass is 9.86. The molecule has 1 amide bonds. The fraction of sp³-hybridized carbons (Fsp3) is 0.423. The molecule has 2 aromatic heterocycles. The highest BCUT2D eigenvalue weighted by Crippen LogP contribution is 2.51. The van der Waals surface area contributed by atoms with Gasteiger partial charge in [-0.25, -0.2) is 8.42 Å². The Kier molecular flexibility index (Phi) is 5.94. The third-order valence-electron chi connectivity index (χ3n) is 7.94. The first-order valence-corrected chi connectivity index (χ1v) is 14.0. The van der Waals surface area contributed by atoms with Crippen LogP contribution in [-0.4, -0.2) is 70.0 Å². The Morgan fingerprint density at radius 3 is 2.56 bits per heavy atom. The van der Waals surface area contributed by atoms with Gasteiger partial charge >= 0.3 is 0 Å². The molecular weight excluding hydrogens is 524 g/mol. The molecule has 2 saturated heterocycles. The molecule has 1 aliphatic carbocycles. The summed E-state index contributed by atoms with van der Waals surface area (Å²) < 4.78 is 39.9. The summed E-state index contributed by atoms with van der Waals surface area (Å²) in [7, 11) is -2.11. The van der Waals surface area contributed by atoms with E-state index in [1.54, 1.807) is 28.6 Å². The quantitative estimate of drug-likeness (QED) is 0.429. The fourth-order valence-corrected chi connectivity index (χ4v) is 7.45. The number of fused-ring (bicyclic) bond motifs is 1. The van der Waals surface area contributed by atoms with Crippen molar-refractivity contribution in [1.29, 1.82) is 5.26 Å². The van der Waals surface area contributed by atoms with E-state index in [1.165, 1.54) is 23.9 Å². The highest BCUT2D eigenvalue weighted by Gasteiger charge is 2.65. The van der Waals surface area contributed by atoms with Crippen LogP contribution in [0.3, 0.4) is 0 Å². The zero-order valence-corrected chi connectivity index (χ0v) is 22.0. The number of aromatic nitrogens is 3. The number of sulfonamides is 1. The van der Waals surface area contributed by atoms with E-state index in [0.29, 0.717) is 49.1 Å². The Morgan fingerprint density at radius 2 is 1.97 bits per heavy atom. The largest absolute Gasteiger partial charge is 0.473 e. The number of nitrogens with zero attached hydrogens (tertiary/aromatic N) is 5. The van der Waals surface area contributed by atoms with Crippen LogP contribution in [0.1, 0.15) is 40.7 Å². The number of nitrogens with one attached hydrogen (secondary N) is 1. The van der Waals surface area contributed by atoms with E-state index >= 15 is 0 Å². The lowest BCUT2D eigenvalue weighted by Gasteiger charge is -2.57. The highest BCUT2D eigenvalue weighted by molar-refractivity contribution is 7.91. The van der Waals surface area contributed by atoms with Gasteiger partial charge in [0.15, 0.2) is 0 Å². The van der Waals surface area contributed by atoms with Crippen LogP contribution in [0.15, 0.2) is 41.3 Å². The smallest absolute Gasteiger partial charge is 0.263 e. The maximum atomic E-state index is 13.5. The molecule has 2 aliphatic heterocycles. The summed E-state index contributed by atoms with van der Waals surface area (Å²) in [4.78, 5) is 26.0. The summed E-state index contributed by atoms with van der Waals surface area (Å²) in [6, 6.07) is 10.2. The predicted octanol–water partition coefficient (Wildman–Crippen LogP) is 0.846. The molecule has 1 saturated carbocycles. The summed E-state index contributed by atoms with van der Waals surface area (Å²) in [6.45, 7) is 1.38. The highest BCUT2D eigenvalue weighted by atomic mass is 32.2. The average molecular weight is 551 g/mol. The minimum atomic E-state index is -3.61. The van der Waals surface area contributed by atoms with Gasteiger partial charge < -0.3 is 19.4 Å². The van der Waals surface area contributed by atoms with Crippen molar-refractivity contribution in [2.75, 3.05) is 26.4 Å². The van der Waals surface area contributed by atoms with Gasteiger partial charge in [0.1, 0.15) is 22.4 Å². The first-order chi connectivity index (χ1) is 18.7. The second-order valence-electron chi connectivity index (χ2n) is 10.4. The topological polar surface area (TPSA) is 157 Å². The molecule has 0 bridgehead atoms. The molecule has 0 radical (unpaired) electrons. The summed E-state index contributed by atoms with van der Waals surface area (Å²) in [6.07, 6.45) is 3.17. The third kappa shape index (κ3) is 4.07. The van der Waals surface area contributed by atoms with Crippen molar-refractivity contribution >= 4 is 26.8 Å². The molecule has 6 rings (SSSR count). The van der Waals surface area contributed by atoms with E-state index in [0.717, 1.165) is 12.0 Å². The van der Waals surface area contributed by atoms with Crippen LogP contribution in [0, 0.1) is 11.3 Å². The number of carbonyl (C=O) groups excluding carboxylic acids is 1. The Hall–Kier alpha value is -3.86. The van der Waals surface area contributed by atoms with Gasteiger partial charge in [-0.05, 0) is 43.0 Å². The van der Waals surface area contributed by atoms with Crippen molar-refractivity contribution < 1.29 is 22.7 Å². The minimum Gasteiger partial charge on any atom is -0.473 e. The minimum absolute atomic E-state index is 0.0309. The van der Waals surface area contributed by atoms with Crippen molar-refractivity contribution in [3.63, 3.8) is 0 Å². The number of amides is 1. The number of rotatable bonds is 8. The van der Waals surface area contributed by atoms with Crippen molar-refractivity contribution in [2.24, 2.45) is 7.05 Å². The van der Waals surface area contributed by atoms with Crippen molar-refractivity contribution in [3.05, 3.63) is 63.6 Å². The second-order valence-corrected chi connectivity index (χ2v) is 12.6. The maximum absolute atomic E-state index is 13.5. The number of pyridine rings is 1. The Labute approximate surface area is 224 Å². The summed E-state index contributed by atoms with van der Waals surface area (Å²) in [5.41, 5.74) is 0.562. The molecule has 3 aliphatic rings. The summed E-state index contributed by atoms with van der Waals surface area (Å²) >= 11 is 0. The molecule has 1 spiro atoms. The SMILES string of the molecule is Cn1c(=O)c(C(=O)NCc2ccc(C#N)cc2)cc2cnnc(OCC3(S(=O)(=O)N4CCC45COC5)CC3)c21. The van der Waals surface area contributed by atoms with Gasteiger partial charge in [-0.2, -0.15) is 14.7 Å². The number of hydrogen-bond donors (Lipinski definition) is 1. The van der Waals surface area contributed by atoms with E-state index in [-0.39, 0.29) is 24.6 Å². The zero-order chi connectivity index (χ0) is 27.4. The predicted molar refractivity (Wildman–Crippen MR) is 138 cm³/mol. The molecule has 4 heterocycles. The van der Waals surface area contributed by atoms with Gasteiger partial charge in [-0.15, -0.1) is 5.10 Å². The van der Waals surface area contributed by atoms with Crippen LogP contribution in [-0.2, 0) is 28.4 Å². The molecule has 0 atom stereocenters. The Bertz CT molecular complexity index is 1680. The van der Waals surface area contributed by atoms with E-state index in [2.05, 4.69) is 15.5 Å². The maximum Gasteiger partial charge on any atom is 0.263 e. The molecule has 202 valence electrons. The summed E-state index contributed by atoms with van der Waals surface area (Å²) in [5, 5.41) is 20.1. The first-order valence-electron chi connectivity index (χ1n) is 12.6. The third-order valence-corrected chi connectivity index (χ3v) is 10.7. The lowest BCUT2D eigenvalue weighted by molar-refractivity contribution is -0.156. The molecule has 0 unspecified atom stereocenters. The Morgan fingerprint density at radius 1 is 1.23 bits per heavy atom. The Balaban J connectivity index is 1.21. The lowest BCUT2D eigenvalue weighted by Crippen LogP contribution is -2.73. The number of nitriles is 1. The van der Waals surface area contributed by atoms with E-state index in [4.69, 9.17) is 14.7 Å². The number of carbonyl (C=O) groups is 1. The molecule has 39 heavy (non-hydrogen) atoms. The van der Waals surface area contributed by atoms with Crippen LogP contribution >= 0.6 is 0 Å². The van der Waals surface area contributed by atoms with Crippen LogP contribution < -0.4 is 15.6 Å². The monoisotopic (exact) mass is 550 g/mol. The van der Waals surface area contributed by atoms with Gasteiger partial charge in [-0.3, -0.25) is 9.59 Å². The van der Waals surface area contributed by atoms with Crippen LogP contribution in [0.5, 0.6) is 5.88 Å². The van der Waals surface area contributed by atoms with Gasteiger partial charge in [0, 0.05) is 25.5 Å². The van der Waals surface area contributed by atoms with E-state index in [9.17, 15) is 18.0 Å². The zero-order valence-electron chi connectivity index (χ0n) is 21.2.